The van der Waals surface area contributed by atoms with Crippen molar-refractivity contribution in [1.82, 2.24) is 10.5 Å². The van der Waals surface area contributed by atoms with Gasteiger partial charge in [0.1, 0.15) is 9.84 Å². The number of hydrogen-bond acceptors (Lipinski definition) is 5. The van der Waals surface area contributed by atoms with E-state index in [2.05, 4.69) is 10.5 Å². The predicted octanol–water partition coefficient (Wildman–Crippen LogP) is 1.65. The van der Waals surface area contributed by atoms with Crippen molar-refractivity contribution in [2.24, 2.45) is 0 Å². The van der Waals surface area contributed by atoms with Crippen molar-refractivity contribution in [3.63, 3.8) is 0 Å². The molecule has 0 bridgehead atoms. The average Bonchev–Trinajstić information content (AvgIpc) is 2.70. The van der Waals surface area contributed by atoms with Crippen LogP contribution in [0.5, 0.6) is 0 Å². The van der Waals surface area contributed by atoms with Crippen LogP contribution >= 0.6 is 11.6 Å². The Labute approximate surface area is 129 Å². The van der Waals surface area contributed by atoms with Crippen LogP contribution in [0.3, 0.4) is 0 Å². The maximum absolute atomic E-state index is 12.1. The molecule has 21 heavy (non-hydrogen) atoms. The van der Waals surface area contributed by atoms with Gasteiger partial charge in [0.25, 0.3) is 0 Å². The number of halogens is 1. The quantitative estimate of drug-likeness (QED) is 0.904. The summed E-state index contributed by atoms with van der Waals surface area (Å²) in [6.45, 7) is 1.72. The molecule has 1 N–H and O–H groups in total. The summed E-state index contributed by atoms with van der Waals surface area (Å²) in [5, 5.41) is 6.34. The van der Waals surface area contributed by atoms with Gasteiger partial charge >= 0.3 is 0 Å². The molecule has 0 aliphatic heterocycles. The number of nitrogens with one attached hydrogen (secondary N) is 1. The molecular weight excluding hydrogens is 316 g/mol. The Morgan fingerprint density at radius 1 is 1.48 bits per heavy atom. The summed E-state index contributed by atoms with van der Waals surface area (Å²) in [6.07, 6.45) is 4.09. The van der Waals surface area contributed by atoms with Gasteiger partial charge in [0.2, 0.25) is 11.1 Å². The molecule has 118 valence electrons. The lowest BCUT2D eigenvalue weighted by Gasteiger charge is -2.28. The fourth-order valence-electron chi connectivity index (χ4n) is 2.66. The third kappa shape index (κ3) is 4.20. The number of aryl methyl sites for hydroxylation is 1. The van der Waals surface area contributed by atoms with Crippen LogP contribution in [0.15, 0.2) is 4.52 Å². The molecule has 2 atom stereocenters. The molecule has 1 aliphatic rings. The van der Waals surface area contributed by atoms with Crippen molar-refractivity contribution < 1.29 is 17.7 Å². The van der Waals surface area contributed by atoms with Gasteiger partial charge in [-0.05, 0) is 37.8 Å². The molecular formula is C13H19ClN2O4S. The van der Waals surface area contributed by atoms with Crippen LogP contribution in [0.2, 0.25) is 5.22 Å². The van der Waals surface area contributed by atoms with Crippen LogP contribution in [0.1, 0.15) is 36.9 Å². The number of aromatic nitrogens is 1. The number of nitrogens with zero attached hydrogens (tertiary/aromatic N) is 1. The first-order chi connectivity index (χ1) is 9.77. The summed E-state index contributed by atoms with van der Waals surface area (Å²) in [7, 11) is -3.06. The van der Waals surface area contributed by atoms with Crippen molar-refractivity contribution in [2.75, 3.05) is 6.26 Å². The van der Waals surface area contributed by atoms with Gasteiger partial charge in [0.15, 0.2) is 0 Å². The number of amides is 1. The first-order valence-electron chi connectivity index (χ1n) is 6.86. The Hall–Kier alpha value is -1.08. The molecule has 1 aromatic heterocycles. The number of carbonyl (C=O) groups excluding carboxylic acids is 1. The molecule has 6 nitrogen and oxygen atoms in total. The molecule has 0 spiro atoms. The first-order valence-corrected chi connectivity index (χ1v) is 9.19. The molecule has 1 heterocycles. The predicted molar refractivity (Wildman–Crippen MR) is 79.0 cm³/mol. The third-order valence-corrected chi connectivity index (χ3v) is 5.81. The van der Waals surface area contributed by atoms with Gasteiger partial charge < -0.3 is 9.84 Å². The summed E-state index contributed by atoms with van der Waals surface area (Å²) in [5.41, 5.74) is 1.16. The molecule has 1 fully saturated rings. The molecule has 1 aliphatic carbocycles. The molecule has 8 heteroatoms. The van der Waals surface area contributed by atoms with E-state index >= 15 is 0 Å². The third-order valence-electron chi connectivity index (χ3n) is 3.87. The Bertz CT molecular complexity index is 607. The van der Waals surface area contributed by atoms with E-state index in [-0.39, 0.29) is 28.8 Å². The van der Waals surface area contributed by atoms with Gasteiger partial charge in [0.05, 0.1) is 17.4 Å². The number of carbonyl (C=O) groups is 1. The lowest BCUT2D eigenvalue weighted by Crippen LogP contribution is -2.42. The highest BCUT2D eigenvalue weighted by Gasteiger charge is 2.29. The van der Waals surface area contributed by atoms with E-state index in [0.717, 1.165) is 12.8 Å². The molecule has 2 rings (SSSR count). The average molecular weight is 335 g/mol. The maximum atomic E-state index is 12.1. The van der Waals surface area contributed by atoms with E-state index < -0.39 is 9.84 Å². The molecule has 1 saturated carbocycles. The Morgan fingerprint density at radius 2 is 2.19 bits per heavy atom. The molecule has 1 amide bonds. The molecule has 1 aromatic rings. The molecule has 0 aromatic carbocycles. The number of sulfone groups is 1. The van der Waals surface area contributed by atoms with Crippen LogP contribution in [-0.4, -0.2) is 37.0 Å². The van der Waals surface area contributed by atoms with Crippen LogP contribution in [0, 0.1) is 6.92 Å². The monoisotopic (exact) mass is 334 g/mol. The maximum Gasteiger partial charge on any atom is 0.229 e. The van der Waals surface area contributed by atoms with E-state index in [1.807, 2.05) is 0 Å². The Morgan fingerprint density at radius 3 is 2.76 bits per heavy atom. The highest BCUT2D eigenvalue weighted by molar-refractivity contribution is 7.91. The minimum absolute atomic E-state index is 0.0915. The van der Waals surface area contributed by atoms with E-state index in [0.29, 0.717) is 24.1 Å². The second kappa shape index (κ2) is 6.36. The van der Waals surface area contributed by atoms with Gasteiger partial charge in [-0.1, -0.05) is 11.6 Å². The van der Waals surface area contributed by atoms with Crippen molar-refractivity contribution in [2.45, 2.75) is 50.3 Å². The van der Waals surface area contributed by atoms with Crippen LogP contribution in [0.4, 0.5) is 0 Å². The number of hydrogen-bond donors (Lipinski definition) is 1. The van der Waals surface area contributed by atoms with Crippen LogP contribution in [-0.2, 0) is 21.1 Å². The van der Waals surface area contributed by atoms with Gasteiger partial charge in [-0.15, -0.1) is 0 Å². The summed E-state index contributed by atoms with van der Waals surface area (Å²) in [4.78, 5) is 12.1. The smallest absolute Gasteiger partial charge is 0.229 e. The minimum Gasteiger partial charge on any atom is -0.353 e. The second-order valence-corrected chi connectivity index (χ2v) is 8.25. The fraction of sp³-hybridized carbons (Fsp3) is 0.692. The van der Waals surface area contributed by atoms with Crippen molar-refractivity contribution in [1.29, 1.82) is 0 Å². The van der Waals surface area contributed by atoms with Gasteiger partial charge in [-0.25, -0.2) is 8.42 Å². The van der Waals surface area contributed by atoms with Crippen LogP contribution < -0.4 is 5.32 Å². The van der Waals surface area contributed by atoms with Crippen LogP contribution in [0.25, 0.3) is 0 Å². The minimum atomic E-state index is -3.06. The van der Waals surface area contributed by atoms with Crippen molar-refractivity contribution >= 4 is 27.3 Å². The largest absolute Gasteiger partial charge is 0.353 e. The zero-order valence-electron chi connectivity index (χ0n) is 12.1. The second-order valence-electron chi connectivity index (χ2n) is 5.58. The molecule has 0 unspecified atom stereocenters. The van der Waals surface area contributed by atoms with E-state index in [9.17, 15) is 13.2 Å². The normalized spacial score (nSPS) is 23.0. The highest BCUT2D eigenvalue weighted by atomic mass is 35.5. The van der Waals surface area contributed by atoms with Gasteiger partial charge in [-0.3, -0.25) is 4.79 Å². The van der Waals surface area contributed by atoms with Crippen molar-refractivity contribution in [3.8, 4) is 0 Å². The van der Waals surface area contributed by atoms with Crippen molar-refractivity contribution in [3.05, 3.63) is 16.5 Å². The zero-order chi connectivity index (χ0) is 15.6. The Kier molecular flexibility index (Phi) is 4.93. The molecule has 0 saturated heterocycles. The Balaban J connectivity index is 1.94. The first kappa shape index (κ1) is 16.3. The lowest BCUT2D eigenvalue weighted by molar-refractivity contribution is -0.121. The topological polar surface area (TPSA) is 89.3 Å². The van der Waals surface area contributed by atoms with Gasteiger partial charge in [-0.2, -0.15) is 0 Å². The summed E-state index contributed by atoms with van der Waals surface area (Å²) < 4.78 is 28.0. The van der Waals surface area contributed by atoms with E-state index in [1.54, 1.807) is 6.92 Å². The SMILES string of the molecule is Cc1noc(Cl)c1CC(=O)N[C@H]1CCC[C@@H](S(C)(=O)=O)C1. The highest BCUT2D eigenvalue weighted by Crippen LogP contribution is 2.24. The zero-order valence-corrected chi connectivity index (χ0v) is 13.6. The summed E-state index contributed by atoms with van der Waals surface area (Å²) >= 11 is 5.83. The number of rotatable bonds is 4. The standard InChI is InChI=1S/C13H19ClN2O4S/c1-8-11(13(14)20-16-8)7-12(17)15-9-4-3-5-10(6-9)21(2,18)19/h9-10H,3-7H2,1-2H3,(H,15,17)/t9-,10+/m0/s1. The molecule has 0 radical (unpaired) electrons. The van der Waals surface area contributed by atoms with Gasteiger partial charge in [0, 0.05) is 17.9 Å². The fourth-order valence-corrected chi connectivity index (χ4v) is 4.08. The summed E-state index contributed by atoms with van der Waals surface area (Å²) in [6, 6.07) is -0.107. The summed E-state index contributed by atoms with van der Waals surface area (Å²) in [5.74, 6) is -0.192. The lowest BCUT2D eigenvalue weighted by atomic mass is 9.94. The van der Waals surface area contributed by atoms with E-state index in [1.165, 1.54) is 6.26 Å². The van der Waals surface area contributed by atoms with E-state index in [4.69, 9.17) is 16.1 Å².